The summed E-state index contributed by atoms with van der Waals surface area (Å²) in [6, 6.07) is 48.9. The topological polar surface area (TPSA) is 29.0 Å². The van der Waals surface area contributed by atoms with Gasteiger partial charge in [-0.1, -0.05) is 97.1 Å². The predicted molar refractivity (Wildman–Crippen MR) is 163 cm³/mol. The summed E-state index contributed by atoms with van der Waals surface area (Å²) in [5, 5.41) is 2.15. The van der Waals surface area contributed by atoms with Gasteiger partial charge in [-0.25, -0.2) is 0 Å². The molecule has 0 N–H and O–H groups in total. The maximum atomic E-state index is 4.76. The lowest BCUT2D eigenvalue weighted by Gasteiger charge is -2.27. The zero-order chi connectivity index (χ0) is 26.0. The molecule has 0 unspecified atom stereocenters. The van der Waals surface area contributed by atoms with Crippen molar-refractivity contribution in [2.75, 3.05) is 4.90 Å². The van der Waals surface area contributed by atoms with E-state index < -0.39 is 0 Å². The number of rotatable bonds is 5. The zero-order valence-corrected chi connectivity index (χ0v) is 21.3. The molecule has 0 saturated heterocycles. The van der Waals surface area contributed by atoms with Crippen LogP contribution in [-0.4, -0.2) is 9.97 Å². The van der Waals surface area contributed by atoms with E-state index in [1.165, 1.54) is 22.3 Å². The first-order chi connectivity index (χ1) is 19.3. The van der Waals surface area contributed by atoms with E-state index in [0.29, 0.717) is 0 Å². The monoisotopic (exact) mass is 499 g/mol. The van der Waals surface area contributed by atoms with Crippen LogP contribution >= 0.6 is 0 Å². The third-order valence-electron chi connectivity index (χ3n) is 7.15. The molecule has 0 amide bonds. The number of aromatic nitrogens is 2. The van der Waals surface area contributed by atoms with Gasteiger partial charge in [-0.15, -0.1) is 0 Å². The van der Waals surface area contributed by atoms with Crippen molar-refractivity contribution in [2.24, 2.45) is 0 Å². The SMILES string of the molecule is c1ccc(-c2ccc(N(c3ccc(-c4ccccc4)cc3)c3cccc4cnc5cccnc5c34)cc2)cc1. The Morgan fingerprint density at radius 3 is 1.59 bits per heavy atom. The molecule has 0 aliphatic rings. The zero-order valence-electron chi connectivity index (χ0n) is 21.3. The molecule has 5 aromatic carbocycles. The molecule has 0 fully saturated rings. The van der Waals surface area contributed by atoms with Crippen LogP contribution in [0.2, 0.25) is 0 Å². The van der Waals surface area contributed by atoms with E-state index in [0.717, 1.165) is 38.9 Å². The molecule has 0 aliphatic carbocycles. The highest BCUT2D eigenvalue weighted by Gasteiger charge is 2.18. The van der Waals surface area contributed by atoms with Crippen LogP contribution in [0.15, 0.2) is 152 Å². The van der Waals surface area contributed by atoms with E-state index in [2.05, 4.69) is 125 Å². The number of hydrogen-bond acceptors (Lipinski definition) is 3. The fourth-order valence-electron chi connectivity index (χ4n) is 5.24. The smallest absolute Gasteiger partial charge is 0.0986 e. The standard InChI is InChI=1S/C36H25N3/c1-3-9-26(10-4-1)28-16-20-31(21-17-28)39(32-22-18-29(19-23-32)27-11-5-2-6-12-27)34-15-7-13-30-25-38-33-14-8-24-37-36(33)35(30)34/h1-25H. The van der Waals surface area contributed by atoms with E-state index in [9.17, 15) is 0 Å². The largest absolute Gasteiger partial charge is 0.310 e. The molecule has 2 heterocycles. The van der Waals surface area contributed by atoms with E-state index in [1.54, 1.807) is 0 Å². The number of fused-ring (bicyclic) bond motifs is 3. The summed E-state index contributed by atoms with van der Waals surface area (Å²) < 4.78 is 0. The molecule has 0 atom stereocenters. The van der Waals surface area contributed by atoms with Gasteiger partial charge in [-0.2, -0.15) is 0 Å². The average molecular weight is 500 g/mol. The van der Waals surface area contributed by atoms with Crippen LogP contribution in [0.4, 0.5) is 17.1 Å². The van der Waals surface area contributed by atoms with Crippen molar-refractivity contribution in [3.8, 4) is 22.3 Å². The van der Waals surface area contributed by atoms with Crippen molar-refractivity contribution in [3.05, 3.63) is 152 Å². The molecular weight excluding hydrogens is 474 g/mol. The number of hydrogen-bond donors (Lipinski definition) is 0. The third-order valence-corrected chi connectivity index (χ3v) is 7.15. The average Bonchev–Trinajstić information content (AvgIpc) is 3.03. The summed E-state index contributed by atoms with van der Waals surface area (Å²) in [4.78, 5) is 11.7. The van der Waals surface area contributed by atoms with Gasteiger partial charge in [0.05, 0.1) is 16.7 Å². The minimum atomic E-state index is 0.885. The summed E-state index contributed by atoms with van der Waals surface area (Å²) >= 11 is 0. The van der Waals surface area contributed by atoms with Crippen LogP contribution in [0.25, 0.3) is 44.1 Å². The Morgan fingerprint density at radius 1 is 0.436 bits per heavy atom. The van der Waals surface area contributed by atoms with Crippen molar-refractivity contribution < 1.29 is 0 Å². The number of pyridine rings is 2. The Labute approximate surface area is 227 Å². The highest BCUT2D eigenvalue weighted by atomic mass is 15.1. The molecule has 2 aromatic heterocycles. The van der Waals surface area contributed by atoms with E-state index in [1.807, 2.05) is 36.7 Å². The van der Waals surface area contributed by atoms with Crippen LogP contribution in [0, 0.1) is 0 Å². The van der Waals surface area contributed by atoms with Crippen molar-refractivity contribution in [3.63, 3.8) is 0 Å². The third kappa shape index (κ3) is 4.30. The fraction of sp³-hybridized carbons (Fsp3) is 0. The number of benzene rings is 5. The second-order valence-electron chi connectivity index (χ2n) is 9.53. The van der Waals surface area contributed by atoms with Gasteiger partial charge in [-0.05, 0) is 64.7 Å². The minimum absolute atomic E-state index is 0.885. The molecule has 0 spiro atoms. The van der Waals surface area contributed by atoms with E-state index in [-0.39, 0.29) is 0 Å². The van der Waals surface area contributed by atoms with Gasteiger partial charge in [0.15, 0.2) is 0 Å². The molecule has 0 radical (unpaired) electrons. The van der Waals surface area contributed by atoms with Crippen molar-refractivity contribution in [1.29, 1.82) is 0 Å². The Hall–Kier alpha value is -5.28. The van der Waals surface area contributed by atoms with Gasteiger partial charge in [0, 0.05) is 34.5 Å². The maximum Gasteiger partial charge on any atom is 0.0986 e. The van der Waals surface area contributed by atoms with Gasteiger partial charge < -0.3 is 4.90 Å². The minimum Gasteiger partial charge on any atom is -0.310 e. The van der Waals surface area contributed by atoms with Crippen molar-refractivity contribution in [1.82, 2.24) is 9.97 Å². The fourth-order valence-corrected chi connectivity index (χ4v) is 5.24. The second kappa shape index (κ2) is 9.88. The summed E-state index contributed by atoms with van der Waals surface area (Å²) in [7, 11) is 0. The Morgan fingerprint density at radius 2 is 1.00 bits per heavy atom. The molecule has 7 aromatic rings. The molecule has 39 heavy (non-hydrogen) atoms. The molecule has 0 bridgehead atoms. The molecule has 184 valence electrons. The molecular formula is C36H25N3. The normalized spacial score (nSPS) is 11.1. The van der Waals surface area contributed by atoms with Gasteiger partial charge in [-0.3, -0.25) is 9.97 Å². The highest BCUT2D eigenvalue weighted by molar-refractivity contribution is 6.12. The Bertz CT molecular complexity index is 1800. The summed E-state index contributed by atoms with van der Waals surface area (Å²) in [6.45, 7) is 0. The van der Waals surface area contributed by atoms with Crippen LogP contribution in [0.3, 0.4) is 0 Å². The molecule has 3 heteroatoms. The van der Waals surface area contributed by atoms with Crippen molar-refractivity contribution in [2.45, 2.75) is 0 Å². The highest BCUT2D eigenvalue weighted by Crippen LogP contribution is 2.41. The van der Waals surface area contributed by atoms with E-state index in [4.69, 9.17) is 4.98 Å². The van der Waals surface area contributed by atoms with Gasteiger partial charge >= 0.3 is 0 Å². The second-order valence-corrected chi connectivity index (χ2v) is 9.53. The molecule has 0 aliphatic heterocycles. The maximum absolute atomic E-state index is 4.76. The molecule has 0 saturated carbocycles. The van der Waals surface area contributed by atoms with Gasteiger partial charge in [0.2, 0.25) is 0 Å². The quantitative estimate of drug-likeness (QED) is 0.221. The van der Waals surface area contributed by atoms with Gasteiger partial charge in [0.1, 0.15) is 0 Å². The van der Waals surface area contributed by atoms with Crippen LogP contribution < -0.4 is 4.90 Å². The lowest BCUT2D eigenvalue weighted by Crippen LogP contribution is -2.10. The summed E-state index contributed by atoms with van der Waals surface area (Å²) in [5.41, 5.74) is 9.79. The Balaban J connectivity index is 1.42. The molecule has 7 rings (SSSR count). The lowest BCUT2D eigenvalue weighted by atomic mass is 10.0. The summed E-state index contributed by atoms with van der Waals surface area (Å²) in [6.07, 6.45) is 3.78. The van der Waals surface area contributed by atoms with Crippen LogP contribution in [0.5, 0.6) is 0 Å². The molecule has 3 nitrogen and oxygen atoms in total. The first-order valence-corrected chi connectivity index (χ1v) is 13.1. The van der Waals surface area contributed by atoms with Crippen LogP contribution in [0.1, 0.15) is 0 Å². The number of anilines is 3. The van der Waals surface area contributed by atoms with Crippen LogP contribution in [-0.2, 0) is 0 Å². The van der Waals surface area contributed by atoms with Crippen molar-refractivity contribution >= 4 is 38.9 Å². The number of nitrogens with zero attached hydrogens (tertiary/aromatic N) is 3. The predicted octanol–water partition coefficient (Wildman–Crippen LogP) is 9.59. The van der Waals surface area contributed by atoms with Gasteiger partial charge in [0.25, 0.3) is 0 Å². The summed E-state index contributed by atoms with van der Waals surface area (Å²) in [5.74, 6) is 0. The first-order valence-electron chi connectivity index (χ1n) is 13.1. The van der Waals surface area contributed by atoms with E-state index >= 15 is 0 Å². The first kappa shape index (κ1) is 22.9. The lowest BCUT2D eigenvalue weighted by molar-refractivity contribution is 1.29. The Kier molecular flexibility index (Phi) is 5.80.